The molecule has 2 aromatic rings. The van der Waals surface area contributed by atoms with Crippen LogP contribution in [0.2, 0.25) is 10.0 Å². The normalized spacial score (nSPS) is 10.2. The number of hydrogen-bond acceptors (Lipinski definition) is 3. The van der Waals surface area contributed by atoms with Crippen LogP contribution in [0.15, 0.2) is 30.3 Å². The summed E-state index contributed by atoms with van der Waals surface area (Å²) in [5.74, 6) is -1.52. The molecule has 0 radical (unpaired) electrons. The number of nitrogens with one attached hydrogen (secondary N) is 1. The van der Waals surface area contributed by atoms with Gasteiger partial charge in [0.05, 0.1) is 10.6 Å². The van der Waals surface area contributed by atoms with Crippen molar-refractivity contribution < 1.29 is 14.7 Å². The summed E-state index contributed by atoms with van der Waals surface area (Å²) < 4.78 is 0.547. The van der Waals surface area contributed by atoms with Crippen LogP contribution < -0.4 is 5.32 Å². The summed E-state index contributed by atoms with van der Waals surface area (Å²) in [4.78, 5) is 26.9. The van der Waals surface area contributed by atoms with E-state index in [0.29, 0.717) is 13.6 Å². The zero-order chi connectivity index (χ0) is 15.6. The van der Waals surface area contributed by atoms with Gasteiger partial charge in [0.15, 0.2) is 5.69 Å². The number of pyridine rings is 1. The lowest BCUT2D eigenvalue weighted by Crippen LogP contribution is -2.15. The van der Waals surface area contributed by atoms with Crippen LogP contribution in [0.25, 0.3) is 0 Å². The molecular formula is C13H7Cl2IN2O3. The highest BCUT2D eigenvalue weighted by Crippen LogP contribution is 2.27. The van der Waals surface area contributed by atoms with Crippen molar-refractivity contribution in [1.29, 1.82) is 0 Å². The summed E-state index contributed by atoms with van der Waals surface area (Å²) in [6, 6.07) is 7.32. The van der Waals surface area contributed by atoms with Crippen molar-refractivity contribution in [2.75, 3.05) is 5.32 Å². The van der Waals surface area contributed by atoms with E-state index in [0.717, 1.165) is 0 Å². The largest absolute Gasteiger partial charge is 0.477 e. The third-order valence-electron chi connectivity index (χ3n) is 2.45. The van der Waals surface area contributed by atoms with Crippen LogP contribution >= 0.6 is 45.8 Å². The van der Waals surface area contributed by atoms with Crippen molar-refractivity contribution >= 4 is 63.5 Å². The number of aromatic nitrogens is 1. The quantitative estimate of drug-likeness (QED) is 0.564. The van der Waals surface area contributed by atoms with Gasteiger partial charge in [-0.3, -0.25) is 4.79 Å². The Kier molecular flexibility index (Phi) is 5.02. The van der Waals surface area contributed by atoms with Gasteiger partial charge in [-0.1, -0.05) is 29.3 Å². The maximum atomic E-state index is 12.2. The molecule has 5 nitrogen and oxygen atoms in total. The molecule has 0 spiro atoms. The zero-order valence-corrected chi connectivity index (χ0v) is 13.9. The molecule has 108 valence electrons. The number of carbonyl (C=O) groups is 2. The molecule has 0 fully saturated rings. The smallest absolute Gasteiger partial charge is 0.354 e. The molecular weight excluding hydrogens is 430 g/mol. The number of aromatic carboxylic acids is 1. The number of halogens is 3. The van der Waals surface area contributed by atoms with Gasteiger partial charge in [0.25, 0.3) is 5.91 Å². The predicted octanol–water partition coefficient (Wildman–Crippen LogP) is 3.94. The summed E-state index contributed by atoms with van der Waals surface area (Å²) in [5, 5.41) is 12.1. The fourth-order valence-electron chi connectivity index (χ4n) is 1.53. The molecule has 0 aliphatic carbocycles. The third kappa shape index (κ3) is 3.84. The zero-order valence-electron chi connectivity index (χ0n) is 10.2. The van der Waals surface area contributed by atoms with E-state index in [1.54, 1.807) is 0 Å². The minimum Gasteiger partial charge on any atom is -0.477 e. The third-order valence-corrected chi connectivity index (χ3v) is 4.44. The maximum Gasteiger partial charge on any atom is 0.354 e. The number of benzene rings is 1. The van der Waals surface area contributed by atoms with E-state index in [4.69, 9.17) is 28.3 Å². The second-order valence-corrected chi connectivity index (χ2v) is 5.84. The van der Waals surface area contributed by atoms with Crippen LogP contribution in [0, 0.1) is 3.57 Å². The van der Waals surface area contributed by atoms with Crippen molar-refractivity contribution in [2.45, 2.75) is 0 Å². The van der Waals surface area contributed by atoms with Crippen LogP contribution in [0.4, 0.5) is 5.82 Å². The first kappa shape index (κ1) is 16.0. The first-order valence-electron chi connectivity index (χ1n) is 5.54. The van der Waals surface area contributed by atoms with Gasteiger partial charge in [0, 0.05) is 8.59 Å². The topological polar surface area (TPSA) is 79.3 Å². The fraction of sp³-hybridized carbons (Fsp3) is 0. The van der Waals surface area contributed by atoms with Crippen LogP contribution in [-0.2, 0) is 0 Å². The molecule has 0 saturated heterocycles. The number of anilines is 1. The number of rotatable bonds is 3. The van der Waals surface area contributed by atoms with E-state index in [1.165, 1.54) is 30.3 Å². The Morgan fingerprint density at radius 2 is 1.95 bits per heavy atom. The molecule has 0 atom stereocenters. The predicted molar refractivity (Wildman–Crippen MR) is 88.3 cm³/mol. The molecule has 8 heteroatoms. The molecule has 0 unspecified atom stereocenters. The fourth-order valence-corrected chi connectivity index (χ4v) is 2.58. The van der Waals surface area contributed by atoms with E-state index < -0.39 is 11.9 Å². The molecule has 2 N–H and O–H groups in total. The summed E-state index contributed by atoms with van der Waals surface area (Å²) in [5.41, 5.74) is 0.127. The van der Waals surface area contributed by atoms with Crippen LogP contribution in [-0.4, -0.2) is 22.0 Å². The molecule has 0 aliphatic heterocycles. The number of nitrogens with zero attached hydrogens (tertiary/aromatic N) is 1. The van der Waals surface area contributed by atoms with Gasteiger partial charge >= 0.3 is 5.97 Å². The lowest BCUT2D eigenvalue weighted by atomic mass is 10.2. The Balaban J connectivity index is 2.30. The van der Waals surface area contributed by atoms with E-state index in [-0.39, 0.29) is 17.1 Å². The minimum atomic E-state index is -1.17. The van der Waals surface area contributed by atoms with Gasteiger partial charge in [-0.05, 0) is 46.9 Å². The monoisotopic (exact) mass is 436 g/mol. The van der Waals surface area contributed by atoms with Crippen molar-refractivity contribution in [2.24, 2.45) is 0 Å². The first-order chi connectivity index (χ1) is 9.88. The van der Waals surface area contributed by atoms with Gasteiger partial charge in [0.1, 0.15) is 5.82 Å². The Labute approximate surface area is 143 Å². The molecule has 1 heterocycles. The summed E-state index contributed by atoms with van der Waals surface area (Å²) >= 11 is 13.8. The molecule has 21 heavy (non-hydrogen) atoms. The highest BCUT2D eigenvalue weighted by atomic mass is 127. The van der Waals surface area contributed by atoms with Gasteiger partial charge in [-0.2, -0.15) is 0 Å². The number of hydrogen-bond donors (Lipinski definition) is 2. The molecule has 0 aliphatic rings. The Bertz CT molecular complexity index is 737. The molecule has 1 amide bonds. The number of carbonyl (C=O) groups excluding carboxylic acids is 1. The van der Waals surface area contributed by atoms with Crippen LogP contribution in [0.3, 0.4) is 0 Å². The Morgan fingerprint density at radius 1 is 1.24 bits per heavy atom. The van der Waals surface area contributed by atoms with Crippen molar-refractivity contribution in [3.8, 4) is 0 Å². The molecule has 0 bridgehead atoms. The van der Waals surface area contributed by atoms with Gasteiger partial charge in [-0.15, -0.1) is 0 Å². The van der Waals surface area contributed by atoms with E-state index >= 15 is 0 Å². The average Bonchev–Trinajstić information content (AvgIpc) is 2.43. The van der Waals surface area contributed by atoms with Gasteiger partial charge in [0.2, 0.25) is 0 Å². The Morgan fingerprint density at radius 3 is 2.62 bits per heavy atom. The second kappa shape index (κ2) is 6.59. The number of carboxylic acids is 1. The Hall–Kier alpha value is -1.38. The lowest BCUT2D eigenvalue weighted by molar-refractivity contribution is 0.0690. The second-order valence-electron chi connectivity index (χ2n) is 3.92. The average molecular weight is 437 g/mol. The summed E-state index contributed by atoms with van der Waals surface area (Å²) in [7, 11) is 0. The number of amides is 1. The highest BCUT2D eigenvalue weighted by Gasteiger charge is 2.15. The number of carboxylic acid groups (broad SMARTS) is 1. The standard InChI is InChI=1S/C13H7Cl2IN2O3/c14-6-4-7(11(16)8(15)5-6)12(19)18-10-3-1-2-9(17-10)13(20)21/h1-5H,(H,20,21)(H,17,18,19). The van der Waals surface area contributed by atoms with E-state index in [2.05, 4.69) is 10.3 Å². The summed E-state index contributed by atoms with van der Waals surface area (Å²) in [6.45, 7) is 0. The lowest BCUT2D eigenvalue weighted by Gasteiger charge is -2.08. The maximum absolute atomic E-state index is 12.2. The first-order valence-corrected chi connectivity index (χ1v) is 7.38. The highest BCUT2D eigenvalue weighted by molar-refractivity contribution is 14.1. The van der Waals surface area contributed by atoms with E-state index in [9.17, 15) is 9.59 Å². The minimum absolute atomic E-state index is 0.131. The van der Waals surface area contributed by atoms with Gasteiger partial charge < -0.3 is 10.4 Å². The SMILES string of the molecule is O=C(O)c1cccc(NC(=O)c2cc(Cl)cc(Cl)c2I)n1. The molecule has 2 rings (SSSR count). The van der Waals surface area contributed by atoms with E-state index in [1.807, 2.05) is 22.6 Å². The summed E-state index contributed by atoms with van der Waals surface area (Å²) in [6.07, 6.45) is 0. The van der Waals surface area contributed by atoms with Gasteiger partial charge in [-0.25, -0.2) is 9.78 Å². The van der Waals surface area contributed by atoms with Crippen molar-refractivity contribution in [1.82, 2.24) is 4.98 Å². The molecule has 1 aromatic carbocycles. The van der Waals surface area contributed by atoms with Crippen LogP contribution in [0.5, 0.6) is 0 Å². The van der Waals surface area contributed by atoms with Crippen LogP contribution in [0.1, 0.15) is 20.8 Å². The van der Waals surface area contributed by atoms with Crippen molar-refractivity contribution in [3.63, 3.8) is 0 Å². The van der Waals surface area contributed by atoms with Crippen molar-refractivity contribution in [3.05, 3.63) is 55.2 Å². The molecule has 1 aromatic heterocycles. The molecule has 0 saturated carbocycles.